The zero-order valence-electron chi connectivity index (χ0n) is 6.77. The summed E-state index contributed by atoms with van der Waals surface area (Å²) < 4.78 is 0. The molecule has 1 aliphatic carbocycles. The molecule has 0 aromatic carbocycles. The molecule has 0 radical (unpaired) electrons. The summed E-state index contributed by atoms with van der Waals surface area (Å²) in [5, 5.41) is 3.54. The van der Waals surface area contributed by atoms with E-state index in [2.05, 4.69) is 18.8 Å². The van der Waals surface area contributed by atoms with Crippen LogP contribution < -0.4 is 5.32 Å². The molecule has 1 aliphatic rings. The fraction of sp³-hybridized carbons (Fsp3) is 0.778. The molecule has 1 nitrogen and oxygen atoms in total. The SMILES string of the molecule is C=CCCC(C)NC1CC1. The molecular formula is C9H17N. The molecule has 0 aromatic heterocycles. The molecule has 0 bridgehead atoms. The van der Waals surface area contributed by atoms with Crippen molar-refractivity contribution in [1.82, 2.24) is 5.32 Å². The molecule has 0 aromatic rings. The zero-order valence-corrected chi connectivity index (χ0v) is 6.77. The summed E-state index contributed by atoms with van der Waals surface area (Å²) in [5.41, 5.74) is 0. The van der Waals surface area contributed by atoms with Crippen molar-refractivity contribution in [3.8, 4) is 0 Å². The molecular weight excluding hydrogens is 122 g/mol. The van der Waals surface area contributed by atoms with E-state index in [1.807, 2.05) is 6.08 Å². The molecule has 1 rings (SSSR count). The minimum Gasteiger partial charge on any atom is -0.311 e. The highest BCUT2D eigenvalue weighted by Crippen LogP contribution is 2.19. The van der Waals surface area contributed by atoms with Crippen molar-refractivity contribution in [1.29, 1.82) is 0 Å². The second-order valence-corrected chi connectivity index (χ2v) is 3.21. The van der Waals surface area contributed by atoms with E-state index in [9.17, 15) is 0 Å². The lowest BCUT2D eigenvalue weighted by atomic mass is 10.2. The fourth-order valence-electron chi connectivity index (χ4n) is 1.10. The van der Waals surface area contributed by atoms with Gasteiger partial charge in [0.25, 0.3) is 0 Å². The topological polar surface area (TPSA) is 12.0 Å². The van der Waals surface area contributed by atoms with E-state index in [4.69, 9.17) is 0 Å². The van der Waals surface area contributed by atoms with Gasteiger partial charge in [0, 0.05) is 12.1 Å². The molecule has 1 N–H and O–H groups in total. The zero-order chi connectivity index (χ0) is 7.40. The lowest BCUT2D eigenvalue weighted by Gasteiger charge is -2.10. The van der Waals surface area contributed by atoms with E-state index in [1.54, 1.807) is 0 Å². The first kappa shape index (κ1) is 7.80. The van der Waals surface area contributed by atoms with Crippen LogP contribution >= 0.6 is 0 Å². The summed E-state index contributed by atoms with van der Waals surface area (Å²) >= 11 is 0. The maximum atomic E-state index is 3.70. The Morgan fingerprint density at radius 2 is 2.40 bits per heavy atom. The van der Waals surface area contributed by atoms with Gasteiger partial charge in [-0.15, -0.1) is 6.58 Å². The maximum absolute atomic E-state index is 3.70. The Hall–Kier alpha value is -0.300. The molecule has 0 aliphatic heterocycles. The van der Waals surface area contributed by atoms with Crippen LogP contribution in [0.15, 0.2) is 12.7 Å². The minimum absolute atomic E-state index is 0.686. The number of hydrogen-bond acceptors (Lipinski definition) is 1. The Labute approximate surface area is 63.5 Å². The van der Waals surface area contributed by atoms with Crippen LogP contribution in [0.25, 0.3) is 0 Å². The molecule has 1 saturated carbocycles. The van der Waals surface area contributed by atoms with Crippen molar-refractivity contribution in [2.45, 2.75) is 44.7 Å². The van der Waals surface area contributed by atoms with Crippen LogP contribution in [0.5, 0.6) is 0 Å². The molecule has 58 valence electrons. The number of allylic oxidation sites excluding steroid dienone is 1. The number of rotatable bonds is 5. The van der Waals surface area contributed by atoms with Crippen LogP contribution in [-0.2, 0) is 0 Å². The summed E-state index contributed by atoms with van der Waals surface area (Å²) in [5.74, 6) is 0. The Morgan fingerprint density at radius 1 is 1.70 bits per heavy atom. The Morgan fingerprint density at radius 3 is 2.90 bits per heavy atom. The maximum Gasteiger partial charge on any atom is 0.00706 e. The van der Waals surface area contributed by atoms with Gasteiger partial charge in [-0.3, -0.25) is 0 Å². The van der Waals surface area contributed by atoms with Crippen molar-refractivity contribution < 1.29 is 0 Å². The Bertz CT molecular complexity index is 105. The molecule has 0 spiro atoms. The van der Waals surface area contributed by atoms with Gasteiger partial charge >= 0.3 is 0 Å². The molecule has 1 unspecified atom stereocenters. The van der Waals surface area contributed by atoms with Gasteiger partial charge in [0.2, 0.25) is 0 Å². The van der Waals surface area contributed by atoms with E-state index in [0.29, 0.717) is 6.04 Å². The van der Waals surface area contributed by atoms with Crippen molar-refractivity contribution in [2.24, 2.45) is 0 Å². The molecule has 0 saturated heterocycles. The van der Waals surface area contributed by atoms with Gasteiger partial charge in [-0.1, -0.05) is 6.08 Å². The van der Waals surface area contributed by atoms with Crippen LogP contribution in [0.2, 0.25) is 0 Å². The molecule has 1 fully saturated rings. The lowest BCUT2D eigenvalue weighted by molar-refractivity contribution is 0.515. The highest BCUT2D eigenvalue weighted by molar-refractivity contribution is 4.84. The van der Waals surface area contributed by atoms with Gasteiger partial charge in [-0.25, -0.2) is 0 Å². The second-order valence-electron chi connectivity index (χ2n) is 3.21. The van der Waals surface area contributed by atoms with Crippen LogP contribution in [0.3, 0.4) is 0 Å². The van der Waals surface area contributed by atoms with E-state index in [0.717, 1.165) is 12.5 Å². The van der Waals surface area contributed by atoms with E-state index in [-0.39, 0.29) is 0 Å². The summed E-state index contributed by atoms with van der Waals surface area (Å²) in [6.07, 6.45) is 7.14. The minimum atomic E-state index is 0.686. The first-order valence-corrected chi connectivity index (χ1v) is 4.20. The summed E-state index contributed by atoms with van der Waals surface area (Å²) in [4.78, 5) is 0. The van der Waals surface area contributed by atoms with Gasteiger partial charge in [0.1, 0.15) is 0 Å². The standard InChI is InChI=1S/C9H17N/c1-3-4-5-8(2)10-9-6-7-9/h3,8-10H,1,4-7H2,2H3. The molecule has 0 amide bonds. The smallest absolute Gasteiger partial charge is 0.00706 e. The largest absolute Gasteiger partial charge is 0.311 e. The van der Waals surface area contributed by atoms with Crippen LogP contribution in [0.4, 0.5) is 0 Å². The van der Waals surface area contributed by atoms with Crippen LogP contribution in [0, 0.1) is 0 Å². The monoisotopic (exact) mass is 139 g/mol. The lowest BCUT2D eigenvalue weighted by Crippen LogP contribution is -2.27. The molecule has 0 heterocycles. The Kier molecular flexibility index (Phi) is 2.94. The van der Waals surface area contributed by atoms with Crippen molar-refractivity contribution in [3.05, 3.63) is 12.7 Å². The van der Waals surface area contributed by atoms with Gasteiger partial charge in [-0.05, 0) is 32.6 Å². The first-order chi connectivity index (χ1) is 4.83. The average Bonchev–Trinajstić information content (AvgIpc) is 2.67. The van der Waals surface area contributed by atoms with Crippen molar-refractivity contribution in [3.63, 3.8) is 0 Å². The van der Waals surface area contributed by atoms with Gasteiger partial charge < -0.3 is 5.32 Å². The number of nitrogens with one attached hydrogen (secondary N) is 1. The van der Waals surface area contributed by atoms with Crippen LogP contribution in [-0.4, -0.2) is 12.1 Å². The summed E-state index contributed by atoms with van der Waals surface area (Å²) in [6.45, 7) is 5.95. The third kappa shape index (κ3) is 3.02. The predicted molar refractivity (Wildman–Crippen MR) is 45.1 cm³/mol. The second kappa shape index (κ2) is 3.77. The van der Waals surface area contributed by atoms with Gasteiger partial charge in [0.15, 0.2) is 0 Å². The normalized spacial score (nSPS) is 20.5. The first-order valence-electron chi connectivity index (χ1n) is 4.20. The van der Waals surface area contributed by atoms with Gasteiger partial charge in [0.05, 0.1) is 0 Å². The predicted octanol–water partition coefficient (Wildman–Crippen LogP) is 2.09. The number of hydrogen-bond donors (Lipinski definition) is 1. The van der Waals surface area contributed by atoms with E-state index in [1.165, 1.54) is 19.3 Å². The quantitative estimate of drug-likeness (QED) is 0.575. The highest BCUT2D eigenvalue weighted by atomic mass is 15.0. The third-order valence-corrected chi connectivity index (χ3v) is 1.90. The highest BCUT2D eigenvalue weighted by Gasteiger charge is 2.21. The summed E-state index contributed by atoms with van der Waals surface area (Å²) in [7, 11) is 0. The van der Waals surface area contributed by atoms with E-state index >= 15 is 0 Å². The van der Waals surface area contributed by atoms with Crippen molar-refractivity contribution in [2.75, 3.05) is 0 Å². The third-order valence-electron chi connectivity index (χ3n) is 1.90. The van der Waals surface area contributed by atoms with Crippen LogP contribution in [0.1, 0.15) is 32.6 Å². The van der Waals surface area contributed by atoms with Crippen molar-refractivity contribution >= 4 is 0 Å². The Balaban J connectivity index is 1.96. The average molecular weight is 139 g/mol. The van der Waals surface area contributed by atoms with E-state index < -0.39 is 0 Å². The molecule has 1 heteroatoms. The fourth-order valence-corrected chi connectivity index (χ4v) is 1.10. The molecule has 10 heavy (non-hydrogen) atoms. The molecule has 1 atom stereocenters. The summed E-state index contributed by atoms with van der Waals surface area (Å²) in [6, 6.07) is 1.53. The van der Waals surface area contributed by atoms with Gasteiger partial charge in [-0.2, -0.15) is 0 Å².